The van der Waals surface area contributed by atoms with E-state index < -0.39 is 0 Å². The van der Waals surface area contributed by atoms with Gasteiger partial charge in [0.25, 0.3) is 0 Å². The average molecular weight is 218 g/mol. The molecule has 2 aromatic heterocycles. The van der Waals surface area contributed by atoms with Crippen LogP contribution in [0.2, 0.25) is 0 Å². The third kappa shape index (κ3) is 2.95. The molecule has 86 valence electrons. The first-order chi connectivity index (χ1) is 7.74. The molecule has 0 saturated heterocycles. The smallest absolute Gasteiger partial charge is 0.0949 e. The van der Waals surface area contributed by atoms with Crippen LogP contribution in [0.5, 0.6) is 0 Å². The molecule has 0 N–H and O–H groups in total. The molecule has 0 aliphatic rings. The molecule has 2 rings (SSSR count). The zero-order valence-electron chi connectivity index (χ0n) is 9.93. The van der Waals surface area contributed by atoms with Crippen molar-refractivity contribution in [3.05, 3.63) is 36.4 Å². The Bertz CT molecular complexity index is 399. The number of hydrogen-bond acceptors (Lipinski definition) is 2. The molecule has 2 heterocycles. The summed E-state index contributed by atoms with van der Waals surface area (Å²) < 4.78 is 4.29. The fourth-order valence-corrected chi connectivity index (χ4v) is 1.78. The van der Waals surface area contributed by atoms with Gasteiger partial charge in [-0.3, -0.25) is 0 Å². The van der Waals surface area contributed by atoms with Crippen molar-refractivity contribution in [2.24, 2.45) is 0 Å². The minimum Gasteiger partial charge on any atom is -0.337 e. The predicted octanol–water partition coefficient (Wildman–Crippen LogP) is 2.18. The van der Waals surface area contributed by atoms with E-state index >= 15 is 0 Å². The summed E-state index contributed by atoms with van der Waals surface area (Å²) >= 11 is 0. The van der Waals surface area contributed by atoms with Gasteiger partial charge in [-0.2, -0.15) is 0 Å². The van der Waals surface area contributed by atoms with Crippen molar-refractivity contribution in [3.63, 3.8) is 0 Å². The maximum absolute atomic E-state index is 4.20. The van der Waals surface area contributed by atoms with Gasteiger partial charge >= 0.3 is 0 Å². The maximum atomic E-state index is 4.20. The van der Waals surface area contributed by atoms with Gasteiger partial charge in [-0.1, -0.05) is 0 Å². The summed E-state index contributed by atoms with van der Waals surface area (Å²) in [5.74, 6) is 0. The predicted molar refractivity (Wildman–Crippen MR) is 63.2 cm³/mol. The highest BCUT2D eigenvalue weighted by molar-refractivity contribution is 4.92. The zero-order valence-corrected chi connectivity index (χ0v) is 9.93. The van der Waals surface area contributed by atoms with Crippen LogP contribution in [0.3, 0.4) is 0 Å². The van der Waals surface area contributed by atoms with Gasteiger partial charge in [0.1, 0.15) is 0 Å². The van der Waals surface area contributed by atoms with Crippen molar-refractivity contribution in [1.82, 2.24) is 19.1 Å². The summed E-state index contributed by atoms with van der Waals surface area (Å²) in [5.41, 5.74) is 2.18. The number of nitrogens with zero attached hydrogens (tertiary/aromatic N) is 4. The van der Waals surface area contributed by atoms with Crippen LogP contribution in [0.4, 0.5) is 0 Å². The van der Waals surface area contributed by atoms with Gasteiger partial charge in [0.15, 0.2) is 0 Å². The van der Waals surface area contributed by atoms with Crippen LogP contribution >= 0.6 is 0 Å². The lowest BCUT2D eigenvalue weighted by Crippen LogP contribution is -1.99. The van der Waals surface area contributed by atoms with Gasteiger partial charge < -0.3 is 9.13 Å². The van der Waals surface area contributed by atoms with Crippen molar-refractivity contribution in [1.29, 1.82) is 0 Å². The van der Waals surface area contributed by atoms with Crippen LogP contribution in [-0.4, -0.2) is 19.1 Å². The zero-order chi connectivity index (χ0) is 11.4. The SMILES string of the molecule is Cc1cn(CCCCn2cnc(C)c2)cn1. The molecule has 0 amide bonds. The molecule has 0 aliphatic heterocycles. The maximum Gasteiger partial charge on any atom is 0.0949 e. The number of aryl methyl sites for hydroxylation is 4. The standard InChI is InChI=1S/C12H18N4/c1-11-7-15(9-13-11)5-3-4-6-16-8-12(2)14-10-16/h7-10H,3-6H2,1-2H3. The molecule has 4 heteroatoms. The first-order valence-electron chi connectivity index (χ1n) is 5.71. The Hall–Kier alpha value is -1.58. The molecule has 0 aromatic carbocycles. The van der Waals surface area contributed by atoms with Crippen molar-refractivity contribution in [2.45, 2.75) is 39.8 Å². The Labute approximate surface area is 96.0 Å². The van der Waals surface area contributed by atoms with Gasteiger partial charge in [-0.25, -0.2) is 9.97 Å². The Morgan fingerprint density at radius 3 is 1.62 bits per heavy atom. The minimum absolute atomic E-state index is 1.05. The molecule has 0 radical (unpaired) electrons. The number of aromatic nitrogens is 4. The quantitative estimate of drug-likeness (QED) is 0.721. The van der Waals surface area contributed by atoms with E-state index in [0.717, 1.165) is 24.5 Å². The molecule has 0 unspecified atom stereocenters. The monoisotopic (exact) mass is 218 g/mol. The molecule has 0 atom stereocenters. The Morgan fingerprint density at radius 2 is 1.31 bits per heavy atom. The van der Waals surface area contributed by atoms with Crippen molar-refractivity contribution < 1.29 is 0 Å². The minimum atomic E-state index is 1.05. The topological polar surface area (TPSA) is 35.6 Å². The van der Waals surface area contributed by atoms with E-state index in [4.69, 9.17) is 0 Å². The highest BCUT2D eigenvalue weighted by Crippen LogP contribution is 2.01. The van der Waals surface area contributed by atoms with Crippen LogP contribution in [0.15, 0.2) is 25.0 Å². The van der Waals surface area contributed by atoms with E-state index in [1.54, 1.807) is 0 Å². The van der Waals surface area contributed by atoms with Gasteiger partial charge in [0.2, 0.25) is 0 Å². The van der Waals surface area contributed by atoms with Crippen molar-refractivity contribution >= 4 is 0 Å². The van der Waals surface area contributed by atoms with Crippen LogP contribution in [-0.2, 0) is 13.1 Å². The van der Waals surface area contributed by atoms with Gasteiger partial charge in [0.05, 0.1) is 24.0 Å². The van der Waals surface area contributed by atoms with E-state index in [-0.39, 0.29) is 0 Å². The van der Waals surface area contributed by atoms with E-state index in [2.05, 4.69) is 31.5 Å². The lowest BCUT2D eigenvalue weighted by molar-refractivity contribution is 0.552. The van der Waals surface area contributed by atoms with Gasteiger partial charge in [-0.05, 0) is 26.7 Å². The van der Waals surface area contributed by atoms with Crippen LogP contribution in [0, 0.1) is 13.8 Å². The first kappa shape index (κ1) is 10.9. The summed E-state index contributed by atoms with van der Waals surface area (Å²) in [6.07, 6.45) is 10.3. The molecule has 0 saturated carbocycles. The van der Waals surface area contributed by atoms with E-state index in [9.17, 15) is 0 Å². The Morgan fingerprint density at radius 1 is 0.875 bits per heavy atom. The number of rotatable bonds is 5. The largest absolute Gasteiger partial charge is 0.337 e. The van der Waals surface area contributed by atoms with Crippen molar-refractivity contribution in [2.75, 3.05) is 0 Å². The van der Waals surface area contributed by atoms with Crippen LogP contribution in [0.25, 0.3) is 0 Å². The summed E-state index contributed by atoms with van der Waals surface area (Å²) in [5, 5.41) is 0. The van der Waals surface area contributed by atoms with Gasteiger partial charge in [-0.15, -0.1) is 0 Å². The highest BCUT2D eigenvalue weighted by Gasteiger charge is 1.96. The van der Waals surface area contributed by atoms with Gasteiger partial charge in [0, 0.05) is 25.5 Å². The number of unbranched alkanes of at least 4 members (excludes halogenated alkanes) is 1. The molecule has 0 bridgehead atoms. The van der Waals surface area contributed by atoms with E-state index in [1.807, 2.05) is 26.5 Å². The number of hydrogen-bond donors (Lipinski definition) is 0. The first-order valence-corrected chi connectivity index (χ1v) is 5.71. The fraction of sp³-hybridized carbons (Fsp3) is 0.500. The lowest BCUT2D eigenvalue weighted by atomic mass is 10.3. The van der Waals surface area contributed by atoms with Crippen LogP contribution in [0.1, 0.15) is 24.2 Å². The third-order valence-electron chi connectivity index (χ3n) is 2.61. The summed E-state index contributed by atoms with van der Waals surface area (Å²) in [7, 11) is 0. The van der Waals surface area contributed by atoms with E-state index in [0.29, 0.717) is 0 Å². The Balaban J connectivity index is 1.69. The molecular formula is C12H18N4. The molecule has 2 aromatic rings. The summed E-state index contributed by atoms with van der Waals surface area (Å²) in [4.78, 5) is 8.41. The average Bonchev–Trinajstić information content (AvgIpc) is 2.83. The second-order valence-corrected chi connectivity index (χ2v) is 4.21. The van der Waals surface area contributed by atoms with Crippen molar-refractivity contribution in [3.8, 4) is 0 Å². The number of imidazole rings is 2. The summed E-state index contributed by atoms with van der Waals surface area (Å²) in [6, 6.07) is 0. The second-order valence-electron chi connectivity index (χ2n) is 4.21. The Kier molecular flexibility index (Phi) is 3.39. The molecule has 0 spiro atoms. The lowest BCUT2D eigenvalue weighted by Gasteiger charge is -2.03. The highest BCUT2D eigenvalue weighted by atomic mass is 15.0. The molecular weight excluding hydrogens is 200 g/mol. The molecule has 0 fully saturated rings. The summed E-state index contributed by atoms with van der Waals surface area (Å²) in [6.45, 7) is 6.14. The third-order valence-corrected chi connectivity index (χ3v) is 2.61. The van der Waals surface area contributed by atoms with E-state index in [1.165, 1.54) is 12.8 Å². The second kappa shape index (κ2) is 4.96. The molecule has 16 heavy (non-hydrogen) atoms. The normalized spacial score (nSPS) is 10.9. The fourth-order valence-electron chi connectivity index (χ4n) is 1.78. The molecule has 0 aliphatic carbocycles. The molecule has 4 nitrogen and oxygen atoms in total. The van der Waals surface area contributed by atoms with Crippen LogP contribution < -0.4 is 0 Å².